The summed E-state index contributed by atoms with van der Waals surface area (Å²) < 4.78 is 0. The Hall–Kier alpha value is -1.94. The van der Waals surface area contributed by atoms with E-state index in [1.165, 1.54) is 0 Å². The fourth-order valence-electron chi connectivity index (χ4n) is 2.69. The quantitative estimate of drug-likeness (QED) is 0.866. The summed E-state index contributed by atoms with van der Waals surface area (Å²) in [5.41, 5.74) is 2.01. The molecular formula is C15H16N2O2. The maximum atomic E-state index is 11.4. The molecule has 1 atom stereocenters. The molecule has 98 valence electrons. The first kappa shape index (κ1) is 12.1. The van der Waals surface area contributed by atoms with E-state index in [-0.39, 0.29) is 0 Å². The van der Waals surface area contributed by atoms with Crippen LogP contribution in [0.2, 0.25) is 0 Å². The molecule has 0 saturated carbocycles. The molecule has 2 N–H and O–H groups in total. The maximum Gasteiger partial charge on any atom is 0.336 e. The highest BCUT2D eigenvalue weighted by molar-refractivity contribution is 6.02. The van der Waals surface area contributed by atoms with Crippen molar-refractivity contribution in [2.24, 2.45) is 0 Å². The highest BCUT2D eigenvalue weighted by Gasteiger charge is 2.19. The van der Waals surface area contributed by atoms with Gasteiger partial charge in [-0.05, 0) is 31.5 Å². The van der Waals surface area contributed by atoms with Crippen LogP contribution in [0.4, 0.5) is 0 Å². The van der Waals surface area contributed by atoms with E-state index in [1.807, 2.05) is 24.3 Å². The van der Waals surface area contributed by atoms with Gasteiger partial charge in [-0.25, -0.2) is 4.79 Å². The summed E-state index contributed by atoms with van der Waals surface area (Å²) in [5, 5.41) is 13.4. The van der Waals surface area contributed by atoms with Gasteiger partial charge < -0.3 is 10.4 Å². The van der Waals surface area contributed by atoms with Gasteiger partial charge in [-0.15, -0.1) is 0 Å². The Bertz CT molecular complexity index is 619. The summed E-state index contributed by atoms with van der Waals surface area (Å²) >= 11 is 0. The minimum Gasteiger partial charge on any atom is -0.478 e. The van der Waals surface area contributed by atoms with Crippen molar-refractivity contribution >= 4 is 16.9 Å². The Balaban J connectivity index is 2.12. The molecule has 0 radical (unpaired) electrons. The number of para-hydroxylation sites is 1. The molecule has 4 heteroatoms. The van der Waals surface area contributed by atoms with E-state index in [9.17, 15) is 9.90 Å². The molecule has 1 aliphatic heterocycles. The van der Waals surface area contributed by atoms with E-state index >= 15 is 0 Å². The third-order valence-electron chi connectivity index (χ3n) is 3.68. The molecule has 1 aromatic carbocycles. The normalized spacial score (nSPS) is 19.5. The number of aromatic carboxylic acids is 1. The molecule has 2 aromatic rings. The number of piperidine rings is 1. The smallest absolute Gasteiger partial charge is 0.336 e. The zero-order chi connectivity index (χ0) is 13.2. The first-order valence-corrected chi connectivity index (χ1v) is 6.59. The second kappa shape index (κ2) is 4.97. The van der Waals surface area contributed by atoms with Crippen LogP contribution >= 0.6 is 0 Å². The molecule has 1 aliphatic rings. The molecule has 4 nitrogen and oxygen atoms in total. The largest absolute Gasteiger partial charge is 0.478 e. The molecule has 19 heavy (non-hydrogen) atoms. The minimum absolute atomic E-state index is 0.316. The third kappa shape index (κ3) is 2.31. The maximum absolute atomic E-state index is 11.4. The van der Waals surface area contributed by atoms with E-state index in [1.54, 1.807) is 6.07 Å². The number of hydrogen-bond acceptors (Lipinski definition) is 3. The van der Waals surface area contributed by atoms with Crippen LogP contribution < -0.4 is 5.32 Å². The standard InChI is InChI=1S/C15H16N2O2/c18-15(19)12-8-14(10-4-3-7-16-9-10)17-13-6-2-1-5-11(12)13/h1-2,5-6,8,10,16H,3-4,7,9H2,(H,18,19). The van der Waals surface area contributed by atoms with E-state index in [2.05, 4.69) is 10.3 Å². The molecule has 0 amide bonds. The number of aromatic nitrogens is 1. The molecule has 2 heterocycles. The van der Waals surface area contributed by atoms with Crippen molar-refractivity contribution in [1.82, 2.24) is 10.3 Å². The summed E-state index contributed by atoms with van der Waals surface area (Å²) in [5.74, 6) is -0.569. The number of rotatable bonds is 2. The summed E-state index contributed by atoms with van der Waals surface area (Å²) in [6.45, 7) is 1.92. The van der Waals surface area contributed by atoms with Crippen LogP contribution in [0.3, 0.4) is 0 Å². The second-order valence-electron chi connectivity index (χ2n) is 4.96. The van der Waals surface area contributed by atoms with E-state index in [4.69, 9.17) is 0 Å². The topological polar surface area (TPSA) is 62.2 Å². The lowest BCUT2D eigenvalue weighted by Gasteiger charge is -2.22. The van der Waals surface area contributed by atoms with Crippen molar-refractivity contribution in [1.29, 1.82) is 0 Å². The first-order valence-electron chi connectivity index (χ1n) is 6.59. The average Bonchev–Trinajstić information content (AvgIpc) is 2.47. The summed E-state index contributed by atoms with van der Waals surface area (Å²) in [6, 6.07) is 9.17. The Morgan fingerprint density at radius 3 is 2.95 bits per heavy atom. The van der Waals surface area contributed by atoms with E-state index in [0.717, 1.165) is 37.1 Å². The predicted octanol–water partition coefficient (Wildman–Crippen LogP) is 2.40. The number of carboxylic acid groups (broad SMARTS) is 1. The number of nitrogens with one attached hydrogen (secondary N) is 1. The average molecular weight is 256 g/mol. The highest BCUT2D eigenvalue weighted by atomic mass is 16.4. The highest BCUT2D eigenvalue weighted by Crippen LogP contribution is 2.26. The molecule has 1 saturated heterocycles. The third-order valence-corrected chi connectivity index (χ3v) is 3.68. The van der Waals surface area contributed by atoms with Gasteiger partial charge in [-0.1, -0.05) is 18.2 Å². The van der Waals surface area contributed by atoms with Crippen LogP contribution in [0.5, 0.6) is 0 Å². The van der Waals surface area contributed by atoms with E-state index < -0.39 is 5.97 Å². The van der Waals surface area contributed by atoms with Gasteiger partial charge in [0, 0.05) is 23.5 Å². The summed E-state index contributed by atoms with van der Waals surface area (Å²) in [4.78, 5) is 16.0. The fraction of sp³-hybridized carbons (Fsp3) is 0.333. The van der Waals surface area contributed by atoms with E-state index in [0.29, 0.717) is 16.9 Å². The number of benzene rings is 1. The van der Waals surface area contributed by atoms with Crippen LogP contribution in [0.1, 0.15) is 34.8 Å². The number of carbonyl (C=O) groups is 1. The van der Waals surface area contributed by atoms with Crippen molar-refractivity contribution in [3.63, 3.8) is 0 Å². The lowest BCUT2D eigenvalue weighted by molar-refractivity contribution is 0.0699. The van der Waals surface area contributed by atoms with Gasteiger partial charge in [0.2, 0.25) is 0 Å². The summed E-state index contributed by atoms with van der Waals surface area (Å²) in [6.07, 6.45) is 2.18. The van der Waals surface area contributed by atoms with Crippen LogP contribution in [-0.2, 0) is 0 Å². The van der Waals surface area contributed by atoms with Gasteiger partial charge in [-0.3, -0.25) is 4.98 Å². The Kier molecular flexibility index (Phi) is 3.17. The lowest BCUT2D eigenvalue weighted by atomic mass is 9.93. The molecule has 0 spiro atoms. The number of pyridine rings is 1. The second-order valence-corrected chi connectivity index (χ2v) is 4.96. The number of hydrogen-bond donors (Lipinski definition) is 2. The first-order chi connectivity index (χ1) is 9.25. The van der Waals surface area contributed by atoms with Gasteiger partial charge in [0.05, 0.1) is 11.1 Å². The fourth-order valence-corrected chi connectivity index (χ4v) is 2.69. The van der Waals surface area contributed by atoms with Gasteiger partial charge in [-0.2, -0.15) is 0 Å². The number of nitrogens with zero attached hydrogens (tertiary/aromatic N) is 1. The van der Waals surface area contributed by atoms with Gasteiger partial charge >= 0.3 is 5.97 Å². The Labute approximate surface area is 111 Å². The minimum atomic E-state index is -0.886. The number of carboxylic acids is 1. The molecule has 1 unspecified atom stereocenters. The van der Waals surface area contributed by atoms with Crippen LogP contribution in [0, 0.1) is 0 Å². The van der Waals surface area contributed by atoms with Crippen molar-refractivity contribution in [2.75, 3.05) is 13.1 Å². The molecule has 0 aliphatic carbocycles. The van der Waals surface area contributed by atoms with Crippen LogP contribution in [0.15, 0.2) is 30.3 Å². The predicted molar refractivity (Wildman–Crippen MR) is 73.5 cm³/mol. The molecule has 1 fully saturated rings. The SMILES string of the molecule is O=C(O)c1cc(C2CCCNC2)nc2ccccc12. The van der Waals surface area contributed by atoms with Gasteiger partial charge in [0.15, 0.2) is 0 Å². The van der Waals surface area contributed by atoms with Crippen molar-refractivity contribution < 1.29 is 9.90 Å². The Morgan fingerprint density at radius 2 is 2.21 bits per heavy atom. The van der Waals surface area contributed by atoms with Crippen molar-refractivity contribution in [2.45, 2.75) is 18.8 Å². The Morgan fingerprint density at radius 1 is 1.37 bits per heavy atom. The lowest BCUT2D eigenvalue weighted by Crippen LogP contribution is -2.29. The molecule has 3 rings (SSSR count). The van der Waals surface area contributed by atoms with Crippen molar-refractivity contribution in [3.05, 3.63) is 41.6 Å². The summed E-state index contributed by atoms with van der Waals surface area (Å²) in [7, 11) is 0. The van der Waals surface area contributed by atoms with Crippen LogP contribution in [-0.4, -0.2) is 29.1 Å². The number of fused-ring (bicyclic) bond motifs is 1. The molecule has 1 aromatic heterocycles. The van der Waals surface area contributed by atoms with Crippen LogP contribution in [0.25, 0.3) is 10.9 Å². The molecular weight excluding hydrogens is 240 g/mol. The zero-order valence-electron chi connectivity index (χ0n) is 10.6. The monoisotopic (exact) mass is 256 g/mol. The molecule has 0 bridgehead atoms. The van der Waals surface area contributed by atoms with Crippen molar-refractivity contribution in [3.8, 4) is 0 Å². The van der Waals surface area contributed by atoms with Gasteiger partial charge in [0.1, 0.15) is 0 Å². The zero-order valence-corrected chi connectivity index (χ0v) is 10.6. The van der Waals surface area contributed by atoms with Gasteiger partial charge in [0.25, 0.3) is 0 Å².